The Kier molecular flexibility index (Phi) is 8.57. The molecule has 1 nitrogen and oxygen atoms in total. The van der Waals surface area contributed by atoms with Crippen molar-refractivity contribution in [2.24, 2.45) is 0 Å². The molecule has 1 radical (unpaired) electrons. The second-order valence-corrected chi connectivity index (χ2v) is 16.4. The van der Waals surface area contributed by atoms with Crippen molar-refractivity contribution < 1.29 is 26.3 Å². The molecule has 0 N–H and O–H groups in total. The highest BCUT2D eigenvalue weighted by Crippen LogP contribution is 2.42. The second-order valence-electron chi connectivity index (χ2n) is 10.7. The van der Waals surface area contributed by atoms with Crippen LogP contribution in [-0.2, 0) is 6.18 Å². The Bertz CT molecular complexity index is 718. The molecule has 0 unspecified atom stereocenters. The number of benzene rings is 1. The van der Waals surface area contributed by atoms with Crippen LogP contribution in [0.5, 0.6) is 0 Å². The summed E-state index contributed by atoms with van der Waals surface area (Å²) in [7, 11) is -1.68. The molecule has 1 saturated heterocycles. The van der Waals surface area contributed by atoms with Gasteiger partial charge in [0.05, 0.1) is 13.6 Å². The summed E-state index contributed by atoms with van der Waals surface area (Å²) in [5.74, 6) is 0. The van der Waals surface area contributed by atoms with Crippen LogP contribution < -0.4 is 0 Å². The highest BCUT2D eigenvalue weighted by Gasteiger charge is 2.39. The summed E-state index contributed by atoms with van der Waals surface area (Å²) < 4.78 is 78.2. The van der Waals surface area contributed by atoms with Gasteiger partial charge in [0.1, 0.15) is 0 Å². The molecule has 0 aliphatic carbocycles. The zero-order valence-electron chi connectivity index (χ0n) is 19.7. The number of alkyl halides is 6. The SMILES string of the molecule is CC(C)(C)[Si](C)(C)CC[C@H](CCC(F)(F)F)N1CC[CH]C[C@H]1c1ccc(C(F)(F)F)cc1. The van der Waals surface area contributed by atoms with E-state index in [1.54, 1.807) is 0 Å². The van der Waals surface area contributed by atoms with Crippen LogP contribution in [0, 0.1) is 6.42 Å². The lowest BCUT2D eigenvalue weighted by molar-refractivity contribution is -0.139. The zero-order chi connectivity index (χ0) is 24.4. The Balaban J connectivity index is 2.27. The first-order valence-corrected chi connectivity index (χ1v) is 14.5. The molecule has 1 aliphatic rings. The highest BCUT2D eigenvalue weighted by molar-refractivity contribution is 6.80. The largest absolute Gasteiger partial charge is 0.416 e. The lowest BCUT2D eigenvalue weighted by Crippen LogP contribution is -2.44. The molecule has 0 saturated carbocycles. The zero-order valence-corrected chi connectivity index (χ0v) is 20.7. The Hall–Kier alpha value is -1.02. The van der Waals surface area contributed by atoms with Crippen molar-refractivity contribution in [3.63, 3.8) is 0 Å². The Morgan fingerprint density at radius 1 is 0.969 bits per heavy atom. The third-order valence-electron chi connectivity index (χ3n) is 7.37. The summed E-state index contributed by atoms with van der Waals surface area (Å²) in [5.41, 5.74) is 0.0254. The standard InChI is InChI=1S/C24H36F6NSi/c1-22(2,3)32(4,5)17-14-20(13-15-23(25,26)27)31-16-7-6-8-21(31)18-9-11-19(12-10-18)24(28,29)30/h6,9-12,20-21H,7-8,13-17H2,1-5H3/t20-,21-/m0/s1. The molecule has 2 rings (SSSR count). The molecule has 1 fully saturated rings. The maximum atomic E-state index is 13.1. The molecule has 1 heterocycles. The third-order valence-corrected chi connectivity index (χ3v) is 13.0. The Morgan fingerprint density at radius 3 is 2.06 bits per heavy atom. The van der Waals surface area contributed by atoms with Crippen molar-refractivity contribution in [2.45, 2.75) is 101 Å². The predicted molar refractivity (Wildman–Crippen MR) is 120 cm³/mol. The lowest BCUT2D eigenvalue weighted by Gasteiger charge is -2.44. The van der Waals surface area contributed by atoms with Gasteiger partial charge in [-0.25, -0.2) is 0 Å². The summed E-state index contributed by atoms with van der Waals surface area (Å²) in [6.07, 6.45) is -5.26. The fourth-order valence-corrected chi connectivity index (χ4v) is 5.98. The minimum atomic E-state index is -4.41. The van der Waals surface area contributed by atoms with Crippen LogP contribution in [-0.4, -0.2) is 31.7 Å². The van der Waals surface area contributed by atoms with E-state index >= 15 is 0 Å². The first-order chi connectivity index (χ1) is 14.5. The number of nitrogens with zero attached hydrogens (tertiary/aromatic N) is 1. The van der Waals surface area contributed by atoms with Gasteiger partial charge in [0.15, 0.2) is 0 Å². The number of hydrogen-bond acceptors (Lipinski definition) is 1. The molecule has 1 aromatic carbocycles. The van der Waals surface area contributed by atoms with Gasteiger partial charge >= 0.3 is 12.4 Å². The van der Waals surface area contributed by atoms with Crippen molar-refractivity contribution in [3.05, 3.63) is 41.8 Å². The van der Waals surface area contributed by atoms with Crippen LogP contribution >= 0.6 is 0 Å². The van der Waals surface area contributed by atoms with Gasteiger partial charge in [-0.3, -0.25) is 4.90 Å². The van der Waals surface area contributed by atoms with Crippen LogP contribution in [0.25, 0.3) is 0 Å². The molecule has 8 heteroatoms. The summed E-state index contributed by atoms with van der Waals surface area (Å²) in [6, 6.07) is 5.59. The van der Waals surface area contributed by atoms with Gasteiger partial charge in [0, 0.05) is 18.5 Å². The quantitative estimate of drug-likeness (QED) is 0.279. The van der Waals surface area contributed by atoms with Gasteiger partial charge in [-0.2, -0.15) is 26.3 Å². The molecule has 32 heavy (non-hydrogen) atoms. The minimum absolute atomic E-state index is 0.0231. The number of piperidine rings is 1. The van der Waals surface area contributed by atoms with Crippen LogP contribution in [0.15, 0.2) is 24.3 Å². The summed E-state index contributed by atoms with van der Waals surface area (Å²) in [4.78, 5) is 2.13. The van der Waals surface area contributed by atoms with Gasteiger partial charge in [0.25, 0.3) is 0 Å². The first-order valence-electron chi connectivity index (χ1n) is 11.3. The molecular formula is C24H36F6NSi. The Morgan fingerprint density at radius 2 is 1.56 bits per heavy atom. The van der Waals surface area contributed by atoms with Crippen molar-refractivity contribution >= 4 is 8.07 Å². The fourth-order valence-electron chi connectivity index (χ4n) is 4.17. The van der Waals surface area contributed by atoms with Crippen molar-refractivity contribution in [3.8, 4) is 0 Å². The summed E-state index contributed by atoms with van der Waals surface area (Å²) in [5, 5.41) is 0.143. The van der Waals surface area contributed by atoms with Gasteiger partial charge in [-0.1, -0.05) is 52.0 Å². The second kappa shape index (κ2) is 10.1. The topological polar surface area (TPSA) is 3.24 Å². The average Bonchev–Trinajstić information content (AvgIpc) is 2.66. The van der Waals surface area contributed by atoms with Gasteiger partial charge in [0.2, 0.25) is 0 Å². The van der Waals surface area contributed by atoms with Crippen molar-refractivity contribution in [1.82, 2.24) is 4.90 Å². The van der Waals surface area contributed by atoms with E-state index in [0.29, 0.717) is 19.4 Å². The van der Waals surface area contributed by atoms with Crippen LogP contribution in [0.2, 0.25) is 24.2 Å². The van der Waals surface area contributed by atoms with Crippen molar-refractivity contribution in [1.29, 1.82) is 0 Å². The summed E-state index contributed by atoms with van der Waals surface area (Å²) in [6.45, 7) is 11.8. The number of rotatable bonds is 7. The molecule has 1 aromatic rings. The lowest BCUT2D eigenvalue weighted by atomic mass is 9.91. The Labute approximate surface area is 189 Å². The van der Waals surface area contributed by atoms with Crippen molar-refractivity contribution in [2.75, 3.05) is 6.54 Å². The normalized spacial score (nSPS) is 20.4. The minimum Gasteiger partial charge on any atom is -0.293 e. The fraction of sp³-hybridized carbons (Fsp3) is 0.708. The monoisotopic (exact) mass is 480 g/mol. The van der Waals surface area contributed by atoms with E-state index in [0.717, 1.165) is 30.2 Å². The van der Waals surface area contributed by atoms with E-state index in [1.165, 1.54) is 12.1 Å². The molecule has 183 valence electrons. The molecule has 0 spiro atoms. The molecular weight excluding hydrogens is 444 g/mol. The number of hydrogen-bond donors (Lipinski definition) is 0. The van der Waals surface area contributed by atoms with E-state index in [9.17, 15) is 26.3 Å². The van der Waals surface area contributed by atoms with Crippen LogP contribution in [0.3, 0.4) is 0 Å². The van der Waals surface area contributed by atoms with E-state index in [1.807, 2.05) is 0 Å². The summed E-state index contributed by atoms with van der Waals surface area (Å²) >= 11 is 0. The smallest absolute Gasteiger partial charge is 0.293 e. The predicted octanol–water partition coefficient (Wildman–Crippen LogP) is 8.66. The number of halogens is 6. The maximum Gasteiger partial charge on any atom is 0.416 e. The molecule has 0 aromatic heterocycles. The van der Waals surface area contributed by atoms with Crippen LogP contribution in [0.1, 0.15) is 70.0 Å². The first kappa shape index (κ1) is 27.2. The molecule has 2 atom stereocenters. The van der Waals surface area contributed by atoms with Crippen LogP contribution in [0.4, 0.5) is 26.3 Å². The molecule has 1 aliphatic heterocycles. The highest BCUT2D eigenvalue weighted by atomic mass is 28.3. The number of likely N-dealkylation sites (tertiary alicyclic amines) is 1. The van der Waals surface area contributed by atoms with Gasteiger partial charge < -0.3 is 0 Å². The van der Waals surface area contributed by atoms with E-state index in [-0.39, 0.29) is 23.5 Å². The van der Waals surface area contributed by atoms with Gasteiger partial charge in [-0.15, -0.1) is 0 Å². The molecule has 0 amide bonds. The van der Waals surface area contributed by atoms with E-state index in [4.69, 9.17) is 0 Å². The van der Waals surface area contributed by atoms with E-state index in [2.05, 4.69) is 45.2 Å². The maximum absolute atomic E-state index is 13.1. The van der Waals surface area contributed by atoms with Gasteiger partial charge in [-0.05, 0) is 61.4 Å². The molecule has 0 bridgehead atoms. The third kappa shape index (κ3) is 7.50. The van der Waals surface area contributed by atoms with E-state index < -0.39 is 32.4 Å². The average molecular weight is 481 g/mol.